The maximum absolute atomic E-state index is 6.36. The predicted octanol–water partition coefficient (Wildman–Crippen LogP) is 4.37. The Kier molecular flexibility index (Phi) is 5.65. The number of hydrogen-bond donors (Lipinski definition) is 1. The number of rotatable bonds is 7. The molecule has 0 spiro atoms. The van der Waals surface area contributed by atoms with Gasteiger partial charge in [0.1, 0.15) is 23.0 Å². The van der Waals surface area contributed by atoms with Gasteiger partial charge < -0.3 is 10.5 Å². The molecule has 30 heavy (non-hydrogen) atoms. The molecule has 6 heteroatoms. The Labute approximate surface area is 177 Å². The molecule has 0 amide bonds. The first-order chi connectivity index (χ1) is 14.6. The predicted molar refractivity (Wildman–Crippen MR) is 120 cm³/mol. The molecule has 154 valence electrons. The molecule has 1 aliphatic rings. The van der Waals surface area contributed by atoms with Crippen molar-refractivity contribution in [2.24, 2.45) is 4.99 Å². The second kappa shape index (κ2) is 8.53. The van der Waals surface area contributed by atoms with Crippen LogP contribution >= 0.6 is 0 Å². The Morgan fingerprint density at radius 1 is 1.13 bits per heavy atom. The number of nitrogens with zero attached hydrogens (tertiary/aromatic N) is 4. The van der Waals surface area contributed by atoms with Crippen LogP contribution in [0.5, 0.6) is 5.75 Å². The number of unbranched alkanes of at least 4 members (excludes halogenated alkanes) is 2. The summed E-state index contributed by atoms with van der Waals surface area (Å²) in [5, 5.41) is 4.45. The van der Waals surface area contributed by atoms with E-state index in [0.29, 0.717) is 11.5 Å². The van der Waals surface area contributed by atoms with Crippen LogP contribution in [0.15, 0.2) is 65.4 Å². The van der Waals surface area contributed by atoms with Crippen molar-refractivity contribution < 1.29 is 9.30 Å². The molecule has 1 aromatic carbocycles. The lowest BCUT2D eigenvalue weighted by atomic mass is 10.1. The summed E-state index contributed by atoms with van der Waals surface area (Å²) in [5.41, 5.74) is 12.4. The van der Waals surface area contributed by atoms with Gasteiger partial charge in [-0.15, -0.1) is 0 Å². The van der Waals surface area contributed by atoms with Crippen molar-refractivity contribution in [3.8, 4) is 5.75 Å². The van der Waals surface area contributed by atoms with Gasteiger partial charge in [-0.1, -0.05) is 19.8 Å². The Morgan fingerprint density at radius 2 is 1.93 bits per heavy atom. The lowest BCUT2D eigenvalue weighted by molar-refractivity contribution is -0.577. The highest BCUT2D eigenvalue weighted by Crippen LogP contribution is 2.30. The number of pyridine rings is 1. The summed E-state index contributed by atoms with van der Waals surface area (Å²) < 4.78 is 9.34. The molecule has 3 heterocycles. The van der Waals surface area contributed by atoms with E-state index >= 15 is 0 Å². The Balaban J connectivity index is 1.75. The number of aryl methyl sites for hydroxylation is 1. The molecule has 0 radical (unpaired) electrons. The van der Waals surface area contributed by atoms with Gasteiger partial charge in [0.15, 0.2) is 6.20 Å². The summed E-state index contributed by atoms with van der Waals surface area (Å²) in [4.78, 5) is 4.94. The van der Waals surface area contributed by atoms with Crippen LogP contribution in [0.25, 0.3) is 5.70 Å². The number of methoxy groups -OCH3 is 1. The molecule has 0 saturated heterocycles. The molecule has 1 aliphatic heterocycles. The minimum absolute atomic E-state index is 0.617. The van der Waals surface area contributed by atoms with Crippen LogP contribution < -0.4 is 15.0 Å². The molecular weight excluding hydrogens is 374 g/mol. The van der Waals surface area contributed by atoms with Crippen LogP contribution in [0.4, 0.5) is 11.5 Å². The Hall–Kier alpha value is -3.41. The molecule has 0 unspecified atom stereocenters. The van der Waals surface area contributed by atoms with Gasteiger partial charge in [-0.3, -0.25) is 0 Å². The van der Waals surface area contributed by atoms with Crippen molar-refractivity contribution in [1.29, 1.82) is 0 Å². The van der Waals surface area contributed by atoms with Gasteiger partial charge in [0, 0.05) is 24.2 Å². The van der Waals surface area contributed by atoms with Crippen LogP contribution in [0.1, 0.15) is 44.4 Å². The highest BCUT2D eigenvalue weighted by atomic mass is 16.5. The zero-order chi connectivity index (χ0) is 21.1. The number of fused-ring (bicyclic) bond motifs is 1. The first-order valence-corrected chi connectivity index (χ1v) is 10.4. The zero-order valence-corrected chi connectivity index (χ0v) is 17.8. The van der Waals surface area contributed by atoms with Crippen LogP contribution in [0, 0.1) is 0 Å². The van der Waals surface area contributed by atoms with Crippen molar-refractivity contribution in [3.05, 3.63) is 71.7 Å². The van der Waals surface area contributed by atoms with Gasteiger partial charge in [0.05, 0.1) is 18.9 Å². The highest BCUT2D eigenvalue weighted by Gasteiger charge is 2.34. The third-order valence-corrected chi connectivity index (χ3v) is 5.48. The molecule has 0 bridgehead atoms. The van der Waals surface area contributed by atoms with Gasteiger partial charge in [-0.2, -0.15) is 9.67 Å². The van der Waals surface area contributed by atoms with E-state index in [1.807, 2.05) is 28.9 Å². The summed E-state index contributed by atoms with van der Waals surface area (Å²) in [7, 11) is 1.68. The van der Waals surface area contributed by atoms with Crippen LogP contribution in [-0.2, 0) is 6.54 Å². The number of benzene rings is 1. The molecule has 0 aliphatic carbocycles. The molecular formula is C24H28N5O+. The maximum atomic E-state index is 6.36. The molecule has 3 aromatic rings. The molecule has 2 N–H and O–H groups in total. The molecule has 0 fully saturated rings. The van der Waals surface area contributed by atoms with E-state index in [1.165, 1.54) is 12.8 Å². The standard InChI is InChI=1S/C24H27N5O/c1-4-5-7-15-29-24(25)20(16-26-29)27-22-17(2)23(28-14-8-6-9-21(22)28)18-10-12-19(30-3)13-11-18/h6,8-14,16,25H,4-5,7,15H2,1-3H3/p+1. The van der Waals surface area contributed by atoms with Crippen molar-refractivity contribution in [3.63, 3.8) is 0 Å². The molecule has 4 rings (SSSR count). The first-order valence-electron chi connectivity index (χ1n) is 10.4. The minimum Gasteiger partial charge on any atom is -0.497 e. The first kappa shape index (κ1) is 19.9. The van der Waals surface area contributed by atoms with E-state index in [9.17, 15) is 0 Å². The van der Waals surface area contributed by atoms with Crippen molar-refractivity contribution >= 4 is 22.9 Å². The number of nitrogens with two attached hydrogens (primary N) is 1. The largest absolute Gasteiger partial charge is 0.497 e. The number of allylic oxidation sites excluding steroid dienone is 1. The topological polar surface area (TPSA) is 69.3 Å². The number of ether oxygens (including phenoxy) is 1. The average Bonchev–Trinajstić information content (AvgIpc) is 3.26. The molecule has 2 aromatic heterocycles. The van der Waals surface area contributed by atoms with Crippen LogP contribution in [0.3, 0.4) is 0 Å². The quantitative estimate of drug-likeness (QED) is 0.471. The minimum atomic E-state index is 0.617. The Morgan fingerprint density at radius 3 is 2.67 bits per heavy atom. The van der Waals surface area contributed by atoms with Crippen molar-refractivity contribution in [2.75, 3.05) is 12.8 Å². The second-order valence-electron chi connectivity index (χ2n) is 7.46. The highest BCUT2D eigenvalue weighted by molar-refractivity contribution is 6.17. The summed E-state index contributed by atoms with van der Waals surface area (Å²) in [6.07, 6.45) is 7.24. The van der Waals surface area contributed by atoms with E-state index in [-0.39, 0.29) is 0 Å². The van der Waals surface area contributed by atoms with Gasteiger partial charge >= 0.3 is 0 Å². The van der Waals surface area contributed by atoms with Crippen molar-refractivity contribution in [2.45, 2.75) is 39.7 Å². The number of aliphatic imine (C=N–C) groups is 1. The smallest absolute Gasteiger partial charge is 0.237 e. The third-order valence-electron chi connectivity index (χ3n) is 5.48. The van der Waals surface area contributed by atoms with Gasteiger partial charge in [0.25, 0.3) is 0 Å². The van der Waals surface area contributed by atoms with E-state index in [4.69, 9.17) is 15.5 Å². The fourth-order valence-corrected chi connectivity index (χ4v) is 3.84. The zero-order valence-electron chi connectivity index (χ0n) is 17.8. The number of nitrogen functional groups attached to an aromatic ring is 1. The number of anilines is 1. The normalized spacial score (nSPS) is 14.4. The lowest BCUT2D eigenvalue weighted by Gasteiger charge is -2.03. The van der Waals surface area contributed by atoms with E-state index < -0.39 is 0 Å². The fraction of sp³-hybridized carbons (Fsp3) is 0.292. The lowest BCUT2D eigenvalue weighted by Crippen LogP contribution is -2.34. The summed E-state index contributed by atoms with van der Waals surface area (Å²) in [6.45, 7) is 5.11. The monoisotopic (exact) mass is 402 g/mol. The third kappa shape index (κ3) is 3.61. The van der Waals surface area contributed by atoms with E-state index in [1.54, 1.807) is 13.3 Å². The SMILES string of the molecule is CCCCCn1ncc(N=C2C(C)=C(c3ccc(OC)cc3)[n+]3ccccc32)c1N. The van der Waals surface area contributed by atoms with Gasteiger partial charge in [0.2, 0.25) is 11.4 Å². The van der Waals surface area contributed by atoms with Crippen molar-refractivity contribution in [1.82, 2.24) is 9.78 Å². The summed E-state index contributed by atoms with van der Waals surface area (Å²) in [5.74, 6) is 1.46. The molecule has 0 atom stereocenters. The molecule has 6 nitrogen and oxygen atoms in total. The average molecular weight is 403 g/mol. The fourth-order valence-electron chi connectivity index (χ4n) is 3.84. The van der Waals surface area contributed by atoms with Gasteiger partial charge in [-0.25, -0.2) is 9.67 Å². The Bertz CT molecular complexity index is 1110. The molecule has 0 saturated carbocycles. The van der Waals surface area contributed by atoms with Crippen LogP contribution in [-0.4, -0.2) is 22.6 Å². The van der Waals surface area contributed by atoms with E-state index in [2.05, 4.69) is 47.9 Å². The van der Waals surface area contributed by atoms with Gasteiger partial charge in [-0.05, 0) is 43.7 Å². The van der Waals surface area contributed by atoms with E-state index in [0.717, 1.165) is 47.0 Å². The van der Waals surface area contributed by atoms with Crippen LogP contribution in [0.2, 0.25) is 0 Å². The maximum Gasteiger partial charge on any atom is 0.237 e. The second-order valence-corrected chi connectivity index (χ2v) is 7.46. The number of hydrogen-bond acceptors (Lipinski definition) is 4. The summed E-state index contributed by atoms with van der Waals surface area (Å²) in [6, 6.07) is 14.3. The summed E-state index contributed by atoms with van der Waals surface area (Å²) >= 11 is 0. The number of aromatic nitrogens is 3.